The monoisotopic (exact) mass is 507 g/mol. The molecule has 13 heteroatoms. The van der Waals surface area contributed by atoms with Gasteiger partial charge in [-0.2, -0.15) is 10.1 Å². The molecule has 4 rings (SSSR count). The third kappa shape index (κ3) is 3.64. The van der Waals surface area contributed by atoms with Gasteiger partial charge in [0.05, 0.1) is 16.7 Å². The average Bonchev–Trinajstić information content (AvgIpc) is 3.17. The van der Waals surface area contributed by atoms with Crippen LogP contribution in [-0.2, 0) is 0 Å². The van der Waals surface area contributed by atoms with Crippen LogP contribution in [0.5, 0.6) is 0 Å². The normalized spacial score (nSPS) is 18.6. The number of amides is 1. The Morgan fingerprint density at radius 3 is 2.58 bits per heavy atom. The maximum absolute atomic E-state index is 14.5. The highest BCUT2D eigenvalue weighted by atomic mass is 79.9. The van der Waals surface area contributed by atoms with Crippen molar-refractivity contribution in [2.75, 3.05) is 13.1 Å². The highest BCUT2D eigenvalue weighted by molar-refractivity contribution is 9.10. The van der Waals surface area contributed by atoms with Gasteiger partial charge in [0.25, 0.3) is 17.6 Å². The van der Waals surface area contributed by atoms with E-state index < -0.39 is 64.0 Å². The summed E-state index contributed by atoms with van der Waals surface area (Å²) in [5.74, 6) is -13.6. The lowest BCUT2D eigenvalue weighted by Crippen LogP contribution is -2.49. The minimum atomic E-state index is -3.43. The van der Waals surface area contributed by atoms with Crippen molar-refractivity contribution in [1.29, 1.82) is 0 Å². The summed E-state index contributed by atoms with van der Waals surface area (Å²) in [4.78, 5) is 21.3. The maximum atomic E-state index is 14.5. The number of nitrogens with zero attached hydrogens (tertiary/aromatic N) is 5. The number of aryl methyl sites for hydroxylation is 1. The second kappa shape index (κ2) is 7.46. The Hall–Kier alpha value is -2.70. The predicted molar refractivity (Wildman–Crippen MR) is 97.7 cm³/mol. The van der Waals surface area contributed by atoms with E-state index in [1.807, 2.05) is 0 Å². The number of carbonyl (C=O) groups excluding carboxylic acids is 1. The Bertz CT molecular complexity index is 1190. The fourth-order valence-electron chi connectivity index (χ4n) is 3.65. The molecule has 0 saturated carbocycles. The molecular weight excluding hydrogens is 496 g/mol. The van der Waals surface area contributed by atoms with Crippen LogP contribution in [-0.4, -0.2) is 49.4 Å². The molecule has 0 bridgehead atoms. The van der Waals surface area contributed by atoms with Crippen LogP contribution in [0.3, 0.4) is 0 Å². The first kappa shape index (κ1) is 21.5. The molecule has 1 unspecified atom stereocenters. The minimum absolute atomic E-state index is 0.156. The van der Waals surface area contributed by atoms with Crippen LogP contribution >= 0.6 is 15.9 Å². The average molecular weight is 508 g/mol. The molecule has 1 aromatic carbocycles. The number of hydrogen-bond acceptors (Lipinski definition) is 4. The van der Waals surface area contributed by atoms with Crippen LogP contribution in [0.2, 0.25) is 0 Å². The van der Waals surface area contributed by atoms with E-state index in [0.29, 0.717) is 10.6 Å². The summed E-state index contributed by atoms with van der Waals surface area (Å²) in [6, 6.07) is 1.49. The smallest absolute Gasteiger partial charge is 0.266 e. The topological polar surface area (TPSA) is 63.4 Å². The van der Waals surface area contributed by atoms with Gasteiger partial charge in [0.1, 0.15) is 11.9 Å². The maximum Gasteiger partial charge on any atom is 0.266 e. The molecule has 1 aliphatic heterocycles. The second-order valence-corrected chi connectivity index (χ2v) is 7.97. The zero-order chi connectivity index (χ0) is 22.7. The lowest BCUT2D eigenvalue weighted by Gasteiger charge is -2.37. The lowest BCUT2D eigenvalue weighted by atomic mass is 9.91. The molecule has 6 nitrogen and oxygen atoms in total. The Balaban J connectivity index is 1.77. The van der Waals surface area contributed by atoms with Crippen LogP contribution < -0.4 is 0 Å². The van der Waals surface area contributed by atoms with Gasteiger partial charge in [0, 0.05) is 24.6 Å². The number of likely N-dealkylation sites (tertiary alicyclic amines) is 1. The van der Waals surface area contributed by atoms with Crippen molar-refractivity contribution in [1.82, 2.24) is 24.5 Å². The van der Waals surface area contributed by atoms with E-state index in [1.54, 1.807) is 6.92 Å². The lowest BCUT2D eigenvalue weighted by molar-refractivity contribution is -0.0643. The van der Waals surface area contributed by atoms with E-state index in [4.69, 9.17) is 0 Å². The van der Waals surface area contributed by atoms with Crippen molar-refractivity contribution in [2.45, 2.75) is 25.2 Å². The molecule has 1 aliphatic rings. The number of carbonyl (C=O) groups is 1. The largest absolute Gasteiger partial charge is 0.332 e. The summed E-state index contributed by atoms with van der Waals surface area (Å²) >= 11 is 2.41. The first-order chi connectivity index (χ1) is 14.5. The van der Waals surface area contributed by atoms with Crippen molar-refractivity contribution in [3.63, 3.8) is 0 Å². The molecule has 1 fully saturated rings. The minimum Gasteiger partial charge on any atom is -0.332 e. The van der Waals surface area contributed by atoms with Gasteiger partial charge in [-0.15, -0.1) is 0 Å². The van der Waals surface area contributed by atoms with Gasteiger partial charge in [-0.1, -0.05) is 0 Å². The van der Waals surface area contributed by atoms with E-state index in [-0.39, 0.29) is 18.0 Å². The Morgan fingerprint density at radius 2 is 1.87 bits per heavy atom. The second-order valence-electron chi connectivity index (χ2n) is 7.18. The number of alkyl halides is 2. The Morgan fingerprint density at radius 1 is 1.16 bits per heavy atom. The SMILES string of the molecule is Cc1cc(C2CN(C(=O)c3c(F)c(F)c(F)c(Br)c3F)CC(F)(F)C2)n2ncnc2n1. The highest BCUT2D eigenvalue weighted by Crippen LogP contribution is 2.38. The molecule has 1 saturated heterocycles. The summed E-state index contributed by atoms with van der Waals surface area (Å²) in [7, 11) is 0. The molecule has 1 atom stereocenters. The first-order valence-corrected chi connectivity index (χ1v) is 9.65. The number of rotatable bonds is 2. The summed E-state index contributed by atoms with van der Waals surface area (Å²) in [5.41, 5.74) is -0.729. The number of aromatic nitrogens is 4. The zero-order valence-corrected chi connectivity index (χ0v) is 17.2. The predicted octanol–water partition coefficient (Wildman–Crippen LogP) is 4.02. The molecule has 164 valence electrons. The van der Waals surface area contributed by atoms with Crippen molar-refractivity contribution >= 4 is 27.6 Å². The van der Waals surface area contributed by atoms with Crippen molar-refractivity contribution in [2.24, 2.45) is 0 Å². The summed E-state index contributed by atoms with van der Waals surface area (Å²) in [6.45, 7) is 0.0936. The van der Waals surface area contributed by atoms with Gasteiger partial charge in [0.2, 0.25) is 0 Å². The van der Waals surface area contributed by atoms with Crippen LogP contribution in [0.25, 0.3) is 5.78 Å². The van der Waals surface area contributed by atoms with Crippen molar-refractivity contribution in [3.8, 4) is 0 Å². The number of fused-ring (bicyclic) bond motifs is 1. The van der Waals surface area contributed by atoms with Crippen LogP contribution in [0.4, 0.5) is 26.3 Å². The number of benzene rings is 1. The zero-order valence-electron chi connectivity index (χ0n) is 15.6. The van der Waals surface area contributed by atoms with Gasteiger partial charge in [-0.25, -0.2) is 35.8 Å². The fourth-order valence-corrected chi connectivity index (χ4v) is 4.03. The van der Waals surface area contributed by atoms with E-state index in [1.165, 1.54) is 16.9 Å². The fraction of sp³-hybridized carbons (Fsp3) is 0.333. The van der Waals surface area contributed by atoms with Crippen LogP contribution in [0.1, 0.15) is 34.1 Å². The molecular formula is C18H12BrF6N5O. The van der Waals surface area contributed by atoms with E-state index in [0.717, 1.165) is 0 Å². The molecule has 0 N–H and O–H groups in total. The van der Waals surface area contributed by atoms with Crippen LogP contribution in [0, 0.1) is 30.2 Å². The van der Waals surface area contributed by atoms with Gasteiger partial charge in [0.15, 0.2) is 23.3 Å². The molecule has 3 heterocycles. The molecule has 2 aromatic heterocycles. The van der Waals surface area contributed by atoms with E-state index >= 15 is 0 Å². The highest BCUT2D eigenvalue weighted by Gasteiger charge is 2.45. The molecule has 0 spiro atoms. The van der Waals surface area contributed by atoms with Gasteiger partial charge in [-0.05, 0) is 28.9 Å². The van der Waals surface area contributed by atoms with Gasteiger partial charge in [-0.3, -0.25) is 4.79 Å². The van der Waals surface area contributed by atoms with Crippen LogP contribution in [0.15, 0.2) is 16.9 Å². The standard InChI is InChI=1S/C18H12BrF6N5O/c1-7-2-9(30-17(28-7)26-6-27-30)8-3-18(24,25)5-29(4-8)16(31)10-12(20)11(19)14(22)15(23)13(10)21/h2,6,8H,3-5H2,1H3. The summed E-state index contributed by atoms with van der Waals surface area (Å²) in [6.07, 6.45) is 0.500. The Kier molecular flexibility index (Phi) is 5.18. The third-order valence-electron chi connectivity index (χ3n) is 4.94. The van der Waals surface area contributed by atoms with E-state index in [9.17, 15) is 31.1 Å². The van der Waals surface area contributed by atoms with Crippen molar-refractivity contribution < 1.29 is 31.1 Å². The van der Waals surface area contributed by atoms with Crippen molar-refractivity contribution in [3.05, 3.63) is 57.1 Å². The number of halogens is 7. The molecule has 1 amide bonds. The van der Waals surface area contributed by atoms with Gasteiger partial charge >= 0.3 is 0 Å². The quantitative estimate of drug-likeness (QED) is 0.298. The number of hydrogen-bond donors (Lipinski definition) is 0. The van der Waals surface area contributed by atoms with E-state index in [2.05, 4.69) is 31.0 Å². The molecule has 31 heavy (non-hydrogen) atoms. The summed E-state index contributed by atoms with van der Waals surface area (Å²) in [5, 5.41) is 3.95. The first-order valence-electron chi connectivity index (χ1n) is 8.86. The molecule has 0 aliphatic carbocycles. The summed E-state index contributed by atoms with van der Waals surface area (Å²) < 4.78 is 85.0. The molecule has 0 radical (unpaired) electrons. The third-order valence-corrected chi connectivity index (χ3v) is 5.64. The molecule has 3 aromatic rings. The Labute approximate surface area is 179 Å². The number of piperidine rings is 1. The van der Waals surface area contributed by atoms with Gasteiger partial charge < -0.3 is 4.90 Å².